The largest absolute Gasteiger partial charge is 0.495 e. The quantitative estimate of drug-likeness (QED) is 0.358. The lowest BCUT2D eigenvalue weighted by molar-refractivity contribution is 0.00578. The Morgan fingerprint density at radius 1 is 1.06 bits per heavy atom. The second-order valence-electron chi connectivity index (χ2n) is 8.70. The third-order valence-corrected chi connectivity index (χ3v) is 5.96. The average molecular weight is 441 g/mol. The molecule has 1 aliphatic heterocycles. The van der Waals surface area contributed by atoms with Crippen molar-refractivity contribution in [3.8, 4) is 17.3 Å². The van der Waals surface area contributed by atoms with Crippen LogP contribution in [-0.4, -0.2) is 34.5 Å². The highest BCUT2D eigenvalue weighted by atomic mass is 16.7. The van der Waals surface area contributed by atoms with E-state index >= 15 is 0 Å². The molecule has 0 spiro atoms. The summed E-state index contributed by atoms with van der Waals surface area (Å²) in [7, 11) is -0.532. The molecule has 2 aromatic carbocycles. The fraction of sp³-hybridized carbons (Fsp3) is 0.250. The second-order valence-corrected chi connectivity index (χ2v) is 8.70. The first-order valence-electron chi connectivity index (χ1n) is 10.6. The summed E-state index contributed by atoms with van der Waals surface area (Å²) in [6.07, 6.45) is 1.61. The van der Waals surface area contributed by atoms with Crippen molar-refractivity contribution < 1.29 is 9.31 Å². The molecule has 166 valence electrons. The summed E-state index contributed by atoms with van der Waals surface area (Å²) in [5.41, 5.74) is 3.84. The highest BCUT2D eigenvalue weighted by Gasteiger charge is 2.52. The maximum atomic E-state index is 12.4. The maximum Gasteiger partial charge on any atom is 0.495 e. The van der Waals surface area contributed by atoms with Crippen molar-refractivity contribution in [3.63, 3.8) is 0 Å². The molecule has 1 fully saturated rings. The number of aromatic amines is 1. The summed E-state index contributed by atoms with van der Waals surface area (Å²) in [5.74, 6) is 0.127. The van der Waals surface area contributed by atoms with E-state index in [1.807, 2.05) is 76.2 Å². The number of nitrogens with zero attached hydrogens (tertiary/aromatic N) is 3. The number of nitrogens with one attached hydrogen (secondary N) is 2. The van der Waals surface area contributed by atoms with Crippen LogP contribution in [0.4, 0.5) is 5.95 Å². The monoisotopic (exact) mass is 441 g/mol. The third-order valence-electron chi connectivity index (χ3n) is 5.96. The normalized spacial score (nSPS) is 16.6. The number of rotatable bonds is 5. The van der Waals surface area contributed by atoms with Gasteiger partial charge in [-0.15, -0.1) is 0 Å². The van der Waals surface area contributed by atoms with E-state index in [0.29, 0.717) is 5.56 Å². The zero-order chi connectivity index (χ0) is 23.6. The van der Waals surface area contributed by atoms with Crippen LogP contribution in [0.1, 0.15) is 38.8 Å². The SMILES string of the molecule is CC1(C)OB(c2ccccc2C=NNc2nc(-c3ccccc3)c(C#N)c(=O)[nH]2)OC1(C)C. The summed E-state index contributed by atoms with van der Waals surface area (Å²) in [4.78, 5) is 19.3. The second kappa shape index (κ2) is 8.66. The molecule has 0 amide bonds. The predicted octanol–water partition coefficient (Wildman–Crippen LogP) is 3.05. The standard InChI is InChI=1S/C24H24BN5O3/c1-23(2)24(3,4)33-25(32-23)19-13-9-8-12-17(19)15-27-30-22-28-20(16-10-6-5-7-11-16)18(14-26)21(31)29-22/h5-13,15H,1-4H3,(H2,28,29,30,31). The van der Waals surface area contributed by atoms with Crippen LogP contribution in [0.3, 0.4) is 0 Å². The Morgan fingerprint density at radius 3 is 2.36 bits per heavy atom. The molecule has 1 aromatic heterocycles. The van der Waals surface area contributed by atoms with E-state index in [2.05, 4.69) is 20.5 Å². The van der Waals surface area contributed by atoms with E-state index < -0.39 is 23.9 Å². The fourth-order valence-corrected chi connectivity index (χ4v) is 3.41. The number of benzene rings is 2. The lowest BCUT2D eigenvalue weighted by Gasteiger charge is -2.32. The zero-order valence-corrected chi connectivity index (χ0v) is 18.9. The molecule has 33 heavy (non-hydrogen) atoms. The summed E-state index contributed by atoms with van der Waals surface area (Å²) in [6, 6.07) is 18.6. The number of hydrazone groups is 1. The van der Waals surface area contributed by atoms with Gasteiger partial charge in [-0.1, -0.05) is 54.6 Å². The van der Waals surface area contributed by atoms with Gasteiger partial charge in [-0.2, -0.15) is 10.4 Å². The maximum absolute atomic E-state index is 12.4. The molecule has 4 rings (SSSR count). The Bertz CT molecular complexity index is 1280. The molecule has 0 atom stereocenters. The summed E-state index contributed by atoms with van der Waals surface area (Å²) in [6.45, 7) is 8.01. The van der Waals surface area contributed by atoms with Crippen molar-refractivity contribution >= 4 is 24.7 Å². The first-order chi connectivity index (χ1) is 15.7. The number of anilines is 1. The molecule has 3 aromatic rings. The lowest BCUT2D eigenvalue weighted by Crippen LogP contribution is -2.41. The van der Waals surface area contributed by atoms with E-state index in [1.165, 1.54) is 0 Å². The van der Waals surface area contributed by atoms with Gasteiger partial charge in [0.25, 0.3) is 5.56 Å². The Balaban J connectivity index is 1.60. The molecule has 9 heteroatoms. The molecule has 0 unspecified atom stereocenters. The van der Waals surface area contributed by atoms with Crippen LogP contribution in [-0.2, 0) is 9.31 Å². The zero-order valence-electron chi connectivity index (χ0n) is 18.9. The van der Waals surface area contributed by atoms with Crippen LogP contribution in [0.5, 0.6) is 0 Å². The van der Waals surface area contributed by atoms with Crippen LogP contribution < -0.4 is 16.4 Å². The number of hydrogen-bond donors (Lipinski definition) is 2. The summed E-state index contributed by atoms with van der Waals surface area (Å²) < 4.78 is 12.3. The first kappa shape index (κ1) is 22.5. The number of H-pyrrole nitrogens is 1. The Hall–Kier alpha value is -3.74. The number of hydrogen-bond acceptors (Lipinski definition) is 7. The van der Waals surface area contributed by atoms with Gasteiger partial charge in [0, 0.05) is 5.56 Å². The van der Waals surface area contributed by atoms with E-state index in [-0.39, 0.29) is 17.2 Å². The predicted molar refractivity (Wildman–Crippen MR) is 128 cm³/mol. The fourth-order valence-electron chi connectivity index (χ4n) is 3.41. The van der Waals surface area contributed by atoms with Gasteiger partial charge in [0.05, 0.1) is 23.1 Å². The lowest BCUT2D eigenvalue weighted by atomic mass is 9.76. The van der Waals surface area contributed by atoms with Crippen molar-refractivity contribution in [1.82, 2.24) is 9.97 Å². The topological polar surface area (TPSA) is 112 Å². The average Bonchev–Trinajstić information content (AvgIpc) is 3.01. The number of aromatic nitrogens is 2. The van der Waals surface area contributed by atoms with Gasteiger partial charge in [-0.05, 0) is 38.7 Å². The molecular formula is C24H24BN5O3. The smallest absolute Gasteiger partial charge is 0.399 e. The third kappa shape index (κ3) is 4.44. The molecule has 0 bridgehead atoms. The molecule has 2 heterocycles. The van der Waals surface area contributed by atoms with E-state index in [1.54, 1.807) is 18.3 Å². The van der Waals surface area contributed by atoms with Gasteiger partial charge in [0.15, 0.2) is 0 Å². The van der Waals surface area contributed by atoms with Gasteiger partial charge in [0.1, 0.15) is 11.6 Å². The van der Waals surface area contributed by atoms with E-state index in [9.17, 15) is 10.1 Å². The highest BCUT2D eigenvalue weighted by molar-refractivity contribution is 6.63. The summed E-state index contributed by atoms with van der Waals surface area (Å²) >= 11 is 0. The van der Waals surface area contributed by atoms with Gasteiger partial charge < -0.3 is 9.31 Å². The molecule has 1 aliphatic rings. The van der Waals surface area contributed by atoms with Gasteiger partial charge >= 0.3 is 7.12 Å². The highest BCUT2D eigenvalue weighted by Crippen LogP contribution is 2.36. The Labute approximate surface area is 192 Å². The van der Waals surface area contributed by atoms with Crippen molar-refractivity contribution in [3.05, 3.63) is 76.1 Å². The minimum Gasteiger partial charge on any atom is -0.399 e. The summed E-state index contributed by atoms with van der Waals surface area (Å²) in [5, 5.41) is 13.6. The van der Waals surface area contributed by atoms with Crippen molar-refractivity contribution in [2.75, 3.05) is 5.43 Å². The minimum absolute atomic E-state index is 0.0539. The number of nitriles is 1. The molecule has 2 N–H and O–H groups in total. The van der Waals surface area contributed by atoms with Gasteiger partial charge in [0.2, 0.25) is 5.95 Å². The molecular weight excluding hydrogens is 417 g/mol. The molecule has 1 saturated heterocycles. The van der Waals surface area contributed by atoms with E-state index in [0.717, 1.165) is 11.0 Å². The van der Waals surface area contributed by atoms with Crippen molar-refractivity contribution in [2.24, 2.45) is 5.10 Å². The van der Waals surface area contributed by atoms with Crippen molar-refractivity contribution in [1.29, 1.82) is 5.26 Å². The molecule has 0 saturated carbocycles. The minimum atomic E-state index is -0.540. The Kier molecular flexibility index (Phi) is 5.89. The van der Waals surface area contributed by atoms with Gasteiger partial charge in [-0.3, -0.25) is 9.78 Å². The Morgan fingerprint density at radius 2 is 1.70 bits per heavy atom. The van der Waals surface area contributed by atoms with E-state index in [4.69, 9.17) is 9.31 Å². The molecule has 8 nitrogen and oxygen atoms in total. The van der Waals surface area contributed by atoms with Crippen LogP contribution in [0.2, 0.25) is 0 Å². The van der Waals surface area contributed by atoms with Crippen LogP contribution in [0, 0.1) is 11.3 Å². The molecule has 0 radical (unpaired) electrons. The van der Waals surface area contributed by atoms with Crippen LogP contribution >= 0.6 is 0 Å². The van der Waals surface area contributed by atoms with Gasteiger partial charge in [-0.25, -0.2) is 10.4 Å². The first-order valence-corrected chi connectivity index (χ1v) is 10.6. The van der Waals surface area contributed by atoms with Crippen LogP contribution in [0.15, 0.2) is 64.5 Å². The van der Waals surface area contributed by atoms with Crippen LogP contribution in [0.25, 0.3) is 11.3 Å². The molecule has 0 aliphatic carbocycles. The van der Waals surface area contributed by atoms with Crippen molar-refractivity contribution in [2.45, 2.75) is 38.9 Å².